The Hall–Kier alpha value is -3.18. The summed E-state index contributed by atoms with van der Waals surface area (Å²) in [7, 11) is 5.25. The minimum atomic E-state index is -0.714. The molecular weight excluding hydrogens is 612 g/mol. The molecule has 0 unspecified atom stereocenters. The molecule has 0 aromatic carbocycles. The zero-order valence-corrected chi connectivity index (χ0v) is 30.6. The number of carbonyl (C=O) groups is 6. The molecule has 9 atom stereocenters. The van der Waals surface area contributed by atoms with Gasteiger partial charge in [0.25, 0.3) is 0 Å². The highest BCUT2D eigenvalue weighted by Gasteiger charge is 2.43. The molecule has 12 heteroatoms. The summed E-state index contributed by atoms with van der Waals surface area (Å²) in [6.07, 6.45) is 5.26. The van der Waals surface area contributed by atoms with Crippen LogP contribution < -0.4 is 16.0 Å². The van der Waals surface area contributed by atoms with Crippen molar-refractivity contribution in [3.63, 3.8) is 0 Å². The van der Waals surface area contributed by atoms with Crippen molar-refractivity contribution in [1.82, 2.24) is 30.7 Å². The molecule has 48 heavy (non-hydrogen) atoms. The molecule has 0 spiro atoms. The van der Waals surface area contributed by atoms with E-state index in [9.17, 15) is 28.8 Å². The first kappa shape index (κ1) is 37.6. The fourth-order valence-corrected chi connectivity index (χ4v) is 8.19. The van der Waals surface area contributed by atoms with Gasteiger partial charge in [-0.05, 0) is 75.5 Å². The number of hydrogen-bond donors (Lipinski definition) is 3. The molecule has 3 N–H and O–H groups in total. The second kappa shape index (κ2) is 15.6. The molecule has 270 valence electrons. The summed E-state index contributed by atoms with van der Waals surface area (Å²) < 4.78 is 0. The Kier molecular flexibility index (Phi) is 12.2. The number of rotatable bonds is 3. The molecule has 1 saturated heterocycles. The van der Waals surface area contributed by atoms with Crippen LogP contribution in [0.4, 0.5) is 0 Å². The summed E-state index contributed by atoms with van der Waals surface area (Å²) in [5.74, 6) is -2.52. The van der Waals surface area contributed by atoms with Crippen molar-refractivity contribution in [2.24, 2.45) is 35.5 Å². The Labute approximate surface area is 286 Å². The standard InChI is InChI=1S/C36H60N6O6/c1-19(2)28-34(46)40(7)25-13-11-23(17-25)32(44)38-30(21(5)6)36(48)42(9)27-15-12-24(18-27)33(45)39-29(20(3)4)35(47)41(8)26-14-10-22(16-26)31(43)37-28/h19-30H,10-18H2,1-9H3,(H,37,43)(H,38,44)(H,39,45)/t22-,23-,24-,25+,26+,27+,28-,29-,30-/m1/s1. The van der Waals surface area contributed by atoms with Gasteiger partial charge in [-0.2, -0.15) is 0 Å². The van der Waals surface area contributed by atoms with Crippen molar-refractivity contribution < 1.29 is 28.8 Å². The van der Waals surface area contributed by atoms with Gasteiger partial charge in [0, 0.05) is 57.0 Å². The van der Waals surface area contributed by atoms with Crippen LogP contribution in [0.5, 0.6) is 0 Å². The molecule has 0 aromatic heterocycles. The summed E-state index contributed by atoms with van der Waals surface area (Å²) >= 11 is 0. The molecule has 4 fully saturated rings. The van der Waals surface area contributed by atoms with E-state index in [0.29, 0.717) is 57.8 Å². The quantitative estimate of drug-likeness (QED) is 0.419. The first-order valence-corrected chi connectivity index (χ1v) is 18.2. The van der Waals surface area contributed by atoms with Crippen LogP contribution in [-0.4, -0.2) is 108 Å². The maximum Gasteiger partial charge on any atom is 0.245 e. The Bertz CT molecular complexity index is 1090. The lowest BCUT2D eigenvalue weighted by atomic mass is 9.98. The van der Waals surface area contributed by atoms with Crippen molar-refractivity contribution in [1.29, 1.82) is 0 Å². The molecule has 3 aliphatic carbocycles. The minimum absolute atomic E-state index is 0.148. The molecule has 6 bridgehead atoms. The van der Waals surface area contributed by atoms with E-state index in [0.717, 1.165) is 0 Å². The van der Waals surface area contributed by atoms with Gasteiger partial charge in [0.05, 0.1) is 0 Å². The largest absolute Gasteiger partial charge is 0.344 e. The fraction of sp³-hybridized carbons (Fsp3) is 0.833. The van der Waals surface area contributed by atoms with Crippen molar-refractivity contribution in [3.8, 4) is 0 Å². The monoisotopic (exact) mass is 672 g/mol. The van der Waals surface area contributed by atoms with Crippen LogP contribution in [0.15, 0.2) is 0 Å². The smallest absolute Gasteiger partial charge is 0.245 e. The molecule has 4 rings (SSSR count). The average molecular weight is 673 g/mol. The number of hydrogen-bond acceptors (Lipinski definition) is 6. The summed E-state index contributed by atoms with van der Waals surface area (Å²) in [5, 5.41) is 9.09. The van der Waals surface area contributed by atoms with Crippen molar-refractivity contribution >= 4 is 35.4 Å². The lowest BCUT2D eigenvalue weighted by molar-refractivity contribution is -0.140. The third kappa shape index (κ3) is 8.16. The first-order valence-electron chi connectivity index (χ1n) is 18.2. The van der Waals surface area contributed by atoms with Gasteiger partial charge in [0.15, 0.2) is 0 Å². The number of amides is 6. The zero-order valence-electron chi connectivity index (χ0n) is 30.6. The molecule has 4 aliphatic rings. The SMILES string of the molecule is CC(C)[C@H]1NC(=O)[C@@H]2CC[C@@H](C2)N(C)C(=O)[C@@H](C(C)C)NC(=O)[C@@H]2CC[C@@H](C2)N(C)C(=O)[C@@H](C(C)C)NC(=O)[C@@H]2CC[C@@H](C2)N(C)C1=O. The number of fused-ring (bicyclic) bond motifs is 6. The van der Waals surface area contributed by atoms with E-state index in [1.165, 1.54) is 0 Å². The van der Waals surface area contributed by atoms with Crippen molar-refractivity contribution in [2.45, 2.75) is 136 Å². The van der Waals surface area contributed by atoms with Crippen LogP contribution in [0.25, 0.3) is 0 Å². The Morgan fingerprint density at radius 2 is 0.667 bits per heavy atom. The van der Waals surface area contributed by atoms with Crippen molar-refractivity contribution in [3.05, 3.63) is 0 Å². The summed E-state index contributed by atoms with van der Waals surface area (Å²) in [5.41, 5.74) is 0. The first-order chi connectivity index (χ1) is 22.5. The van der Waals surface area contributed by atoms with Gasteiger partial charge in [-0.3, -0.25) is 28.8 Å². The predicted molar refractivity (Wildman–Crippen MR) is 182 cm³/mol. The molecule has 3 saturated carbocycles. The topological polar surface area (TPSA) is 148 Å². The van der Waals surface area contributed by atoms with Gasteiger partial charge in [-0.25, -0.2) is 0 Å². The Morgan fingerprint density at radius 3 is 0.875 bits per heavy atom. The van der Waals surface area contributed by atoms with Crippen LogP contribution >= 0.6 is 0 Å². The molecule has 6 amide bonds. The summed E-state index contributed by atoms with van der Waals surface area (Å²) in [6.45, 7) is 11.5. The van der Waals surface area contributed by atoms with Crippen LogP contribution in [0.3, 0.4) is 0 Å². The van der Waals surface area contributed by atoms with E-state index < -0.39 is 18.1 Å². The second-order valence-corrected chi connectivity index (χ2v) is 16.0. The maximum absolute atomic E-state index is 13.8. The van der Waals surface area contributed by atoms with Gasteiger partial charge in [-0.1, -0.05) is 41.5 Å². The molecule has 0 aromatic rings. The normalized spacial score (nSPS) is 35.0. The summed E-state index contributed by atoms with van der Waals surface area (Å²) in [4.78, 5) is 87.1. The molecule has 12 nitrogen and oxygen atoms in total. The number of likely N-dealkylation sites (N-methyl/N-ethyl adjacent to an activating group) is 3. The highest BCUT2D eigenvalue weighted by Crippen LogP contribution is 2.33. The lowest BCUT2D eigenvalue weighted by Gasteiger charge is -2.33. The predicted octanol–water partition coefficient (Wildman–Crippen LogP) is 2.30. The molecular formula is C36H60N6O6. The minimum Gasteiger partial charge on any atom is -0.344 e. The van der Waals surface area contributed by atoms with E-state index >= 15 is 0 Å². The fourth-order valence-electron chi connectivity index (χ4n) is 8.19. The van der Waals surface area contributed by atoms with E-state index in [1.807, 2.05) is 41.5 Å². The zero-order chi connectivity index (χ0) is 35.6. The molecule has 1 aliphatic heterocycles. The lowest BCUT2D eigenvalue weighted by Crippen LogP contribution is -2.54. The maximum atomic E-state index is 13.8. The van der Waals surface area contributed by atoms with E-state index in [1.54, 1.807) is 35.8 Å². The van der Waals surface area contributed by atoms with Gasteiger partial charge < -0.3 is 30.7 Å². The number of nitrogens with one attached hydrogen (secondary N) is 3. The second-order valence-electron chi connectivity index (χ2n) is 16.0. The van der Waals surface area contributed by atoms with E-state index in [4.69, 9.17) is 0 Å². The van der Waals surface area contributed by atoms with Crippen LogP contribution in [-0.2, 0) is 28.8 Å². The van der Waals surface area contributed by atoms with Gasteiger partial charge >= 0.3 is 0 Å². The number of carbonyl (C=O) groups excluding carboxylic acids is 6. The van der Waals surface area contributed by atoms with Crippen LogP contribution in [0.2, 0.25) is 0 Å². The Morgan fingerprint density at radius 1 is 0.438 bits per heavy atom. The molecule has 0 radical (unpaired) electrons. The third-order valence-corrected chi connectivity index (χ3v) is 11.7. The van der Waals surface area contributed by atoms with E-state index in [-0.39, 0.29) is 89.1 Å². The number of nitrogens with zero attached hydrogens (tertiary/aromatic N) is 3. The van der Waals surface area contributed by atoms with E-state index in [2.05, 4.69) is 16.0 Å². The highest BCUT2D eigenvalue weighted by molar-refractivity contribution is 5.91. The average Bonchev–Trinajstić information content (AvgIpc) is 3.83. The summed E-state index contributed by atoms with van der Waals surface area (Å²) in [6, 6.07) is -2.60. The third-order valence-electron chi connectivity index (χ3n) is 11.7. The van der Waals surface area contributed by atoms with Crippen molar-refractivity contribution in [2.75, 3.05) is 21.1 Å². The highest BCUT2D eigenvalue weighted by atomic mass is 16.2. The van der Waals surface area contributed by atoms with Crippen LogP contribution in [0.1, 0.15) is 99.3 Å². The van der Waals surface area contributed by atoms with Gasteiger partial charge in [0.1, 0.15) is 18.1 Å². The van der Waals surface area contributed by atoms with Gasteiger partial charge in [-0.15, -0.1) is 0 Å². The Balaban J connectivity index is 1.60. The molecule has 1 heterocycles. The van der Waals surface area contributed by atoms with Crippen LogP contribution in [0, 0.1) is 35.5 Å². The van der Waals surface area contributed by atoms with Gasteiger partial charge in [0.2, 0.25) is 35.4 Å².